The summed E-state index contributed by atoms with van der Waals surface area (Å²) in [6, 6.07) is 13.9. The van der Waals surface area contributed by atoms with E-state index in [1.54, 1.807) is 48.5 Å². The Kier molecular flexibility index (Phi) is 6.76. The first-order valence-electron chi connectivity index (χ1n) is 8.96. The number of hydrogen-bond acceptors (Lipinski definition) is 4. The average Bonchev–Trinajstić information content (AvgIpc) is 2.58. The highest BCUT2D eigenvalue weighted by molar-refractivity contribution is 5.97. The predicted molar refractivity (Wildman–Crippen MR) is 112 cm³/mol. The summed E-state index contributed by atoms with van der Waals surface area (Å²) in [6.45, 7) is 7.20. The molecule has 7 heteroatoms. The van der Waals surface area contributed by atoms with Gasteiger partial charge in [-0.2, -0.15) is 0 Å². The number of nitrogens with one attached hydrogen (secondary N) is 4. The molecule has 7 nitrogen and oxygen atoms in total. The van der Waals surface area contributed by atoms with Crippen molar-refractivity contribution in [3.63, 3.8) is 0 Å². The minimum absolute atomic E-state index is 0.0364. The fourth-order valence-corrected chi connectivity index (χ4v) is 2.45. The quantitative estimate of drug-likeness (QED) is 0.616. The van der Waals surface area contributed by atoms with E-state index < -0.39 is 0 Å². The fraction of sp³-hybridized carbons (Fsp3) is 0.286. The second-order valence-corrected chi connectivity index (χ2v) is 7.45. The van der Waals surface area contributed by atoms with Crippen molar-refractivity contribution in [2.45, 2.75) is 33.2 Å². The minimum atomic E-state index is -0.327. The van der Waals surface area contributed by atoms with Gasteiger partial charge in [-0.3, -0.25) is 14.4 Å². The van der Waals surface area contributed by atoms with Crippen LogP contribution in [-0.4, -0.2) is 29.8 Å². The molecule has 148 valence electrons. The number of carbonyl (C=O) groups excluding carboxylic acids is 3. The zero-order valence-electron chi connectivity index (χ0n) is 16.6. The molecule has 0 aliphatic carbocycles. The van der Waals surface area contributed by atoms with Crippen LogP contribution in [0.15, 0.2) is 48.5 Å². The highest BCUT2D eigenvalue weighted by Gasteiger charge is 2.15. The number of amides is 3. The van der Waals surface area contributed by atoms with Gasteiger partial charge in [-0.05, 0) is 57.2 Å². The second kappa shape index (κ2) is 9.03. The van der Waals surface area contributed by atoms with E-state index >= 15 is 0 Å². The Labute approximate surface area is 164 Å². The summed E-state index contributed by atoms with van der Waals surface area (Å²) in [5.41, 5.74) is 2.05. The standard InChI is InChI=1S/C21H26N4O3/c1-14(26)23-17-9-6-10-18(12-17)24-19(27)13-22-16-8-5-7-15(11-16)20(28)25-21(2,3)4/h5-12,22H,13H2,1-4H3,(H,23,26)(H,24,27)(H,25,28). The first-order chi connectivity index (χ1) is 13.1. The van der Waals surface area contributed by atoms with E-state index in [1.807, 2.05) is 20.8 Å². The summed E-state index contributed by atoms with van der Waals surface area (Å²) < 4.78 is 0. The van der Waals surface area contributed by atoms with Crippen molar-refractivity contribution in [1.82, 2.24) is 5.32 Å². The molecule has 4 N–H and O–H groups in total. The predicted octanol–water partition coefficient (Wildman–Crippen LogP) is 3.22. The van der Waals surface area contributed by atoms with Crippen molar-refractivity contribution in [3.8, 4) is 0 Å². The van der Waals surface area contributed by atoms with Crippen LogP contribution < -0.4 is 21.3 Å². The van der Waals surface area contributed by atoms with Crippen LogP contribution in [0.25, 0.3) is 0 Å². The largest absolute Gasteiger partial charge is 0.376 e. The molecule has 0 aliphatic heterocycles. The summed E-state index contributed by atoms with van der Waals surface area (Å²) in [7, 11) is 0. The molecule has 28 heavy (non-hydrogen) atoms. The highest BCUT2D eigenvalue weighted by atomic mass is 16.2. The summed E-state index contributed by atoms with van der Waals surface area (Å²) in [6.07, 6.45) is 0. The molecule has 0 aliphatic rings. The Morgan fingerprint density at radius 2 is 1.46 bits per heavy atom. The van der Waals surface area contributed by atoms with Gasteiger partial charge < -0.3 is 21.3 Å². The highest BCUT2D eigenvalue weighted by Crippen LogP contribution is 2.15. The molecule has 3 amide bonds. The van der Waals surface area contributed by atoms with E-state index in [0.717, 1.165) is 0 Å². The SMILES string of the molecule is CC(=O)Nc1cccc(NC(=O)CNc2cccc(C(=O)NC(C)(C)C)c2)c1. The molecule has 0 atom stereocenters. The third-order valence-corrected chi connectivity index (χ3v) is 3.53. The molecule has 2 aromatic rings. The zero-order valence-corrected chi connectivity index (χ0v) is 16.6. The Morgan fingerprint density at radius 1 is 0.857 bits per heavy atom. The van der Waals surface area contributed by atoms with Crippen molar-refractivity contribution >= 4 is 34.8 Å². The lowest BCUT2D eigenvalue weighted by Gasteiger charge is -2.20. The summed E-state index contributed by atoms with van der Waals surface area (Å²) in [5.74, 6) is -0.597. The van der Waals surface area contributed by atoms with Crippen LogP contribution in [-0.2, 0) is 9.59 Å². The van der Waals surface area contributed by atoms with Crippen molar-refractivity contribution in [2.75, 3.05) is 22.5 Å². The van der Waals surface area contributed by atoms with Gasteiger partial charge in [0.25, 0.3) is 5.91 Å². The van der Waals surface area contributed by atoms with Crippen LogP contribution in [0, 0.1) is 0 Å². The van der Waals surface area contributed by atoms with Crippen molar-refractivity contribution in [2.24, 2.45) is 0 Å². The molecular weight excluding hydrogens is 356 g/mol. The molecule has 2 rings (SSSR count). The molecule has 0 aromatic heterocycles. The van der Waals surface area contributed by atoms with Gasteiger partial charge in [0.05, 0.1) is 6.54 Å². The van der Waals surface area contributed by atoms with E-state index in [1.165, 1.54) is 6.92 Å². The van der Waals surface area contributed by atoms with Gasteiger partial charge in [-0.25, -0.2) is 0 Å². The van der Waals surface area contributed by atoms with Crippen molar-refractivity contribution in [1.29, 1.82) is 0 Å². The molecular formula is C21H26N4O3. The van der Waals surface area contributed by atoms with E-state index in [0.29, 0.717) is 22.6 Å². The van der Waals surface area contributed by atoms with Crippen LogP contribution >= 0.6 is 0 Å². The van der Waals surface area contributed by atoms with Gasteiger partial charge in [-0.15, -0.1) is 0 Å². The molecule has 0 saturated heterocycles. The molecule has 0 saturated carbocycles. The smallest absolute Gasteiger partial charge is 0.251 e. The molecule has 2 aromatic carbocycles. The summed E-state index contributed by atoms with van der Waals surface area (Å²) in [4.78, 5) is 35.6. The first-order valence-corrected chi connectivity index (χ1v) is 8.96. The van der Waals surface area contributed by atoms with E-state index in [9.17, 15) is 14.4 Å². The third-order valence-electron chi connectivity index (χ3n) is 3.53. The van der Waals surface area contributed by atoms with Crippen LogP contribution in [0.1, 0.15) is 38.1 Å². The number of benzene rings is 2. The van der Waals surface area contributed by atoms with Gasteiger partial charge in [-0.1, -0.05) is 12.1 Å². The number of rotatable bonds is 6. The summed E-state index contributed by atoms with van der Waals surface area (Å²) >= 11 is 0. The van der Waals surface area contributed by atoms with Gasteiger partial charge >= 0.3 is 0 Å². The number of carbonyl (C=O) groups is 3. The van der Waals surface area contributed by atoms with Gasteiger partial charge in [0.2, 0.25) is 11.8 Å². The van der Waals surface area contributed by atoms with E-state index in [4.69, 9.17) is 0 Å². The average molecular weight is 382 g/mol. The Hall–Kier alpha value is -3.35. The van der Waals surface area contributed by atoms with Gasteiger partial charge in [0.1, 0.15) is 0 Å². The van der Waals surface area contributed by atoms with Gasteiger partial charge in [0, 0.05) is 35.1 Å². The van der Waals surface area contributed by atoms with Crippen LogP contribution in [0.3, 0.4) is 0 Å². The number of hydrogen-bond donors (Lipinski definition) is 4. The molecule has 0 spiro atoms. The van der Waals surface area contributed by atoms with E-state index in [-0.39, 0.29) is 29.8 Å². The Balaban J connectivity index is 1.93. The molecule has 0 bridgehead atoms. The van der Waals surface area contributed by atoms with E-state index in [2.05, 4.69) is 21.3 Å². The minimum Gasteiger partial charge on any atom is -0.376 e. The maximum Gasteiger partial charge on any atom is 0.251 e. The first kappa shape index (κ1) is 21.0. The molecule has 0 unspecified atom stereocenters. The molecule has 0 fully saturated rings. The molecule has 0 radical (unpaired) electrons. The van der Waals surface area contributed by atoms with Crippen molar-refractivity contribution < 1.29 is 14.4 Å². The maximum absolute atomic E-state index is 12.3. The number of anilines is 3. The normalized spacial score (nSPS) is 10.7. The van der Waals surface area contributed by atoms with Crippen LogP contribution in [0.5, 0.6) is 0 Å². The lowest BCUT2D eigenvalue weighted by Crippen LogP contribution is -2.40. The van der Waals surface area contributed by atoms with Crippen LogP contribution in [0.2, 0.25) is 0 Å². The zero-order chi connectivity index (χ0) is 20.7. The molecule has 0 heterocycles. The third kappa shape index (κ3) is 7.11. The van der Waals surface area contributed by atoms with Crippen LogP contribution in [0.4, 0.5) is 17.1 Å². The lowest BCUT2D eigenvalue weighted by molar-refractivity contribution is -0.115. The Morgan fingerprint density at radius 3 is 2.11 bits per heavy atom. The maximum atomic E-state index is 12.3. The Bertz CT molecular complexity index is 872. The lowest BCUT2D eigenvalue weighted by atomic mass is 10.1. The van der Waals surface area contributed by atoms with Gasteiger partial charge in [0.15, 0.2) is 0 Å². The topological polar surface area (TPSA) is 99.3 Å². The summed E-state index contributed by atoms with van der Waals surface area (Å²) in [5, 5.41) is 11.3. The fourth-order valence-electron chi connectivity index (χ4n) is 2.45. The second-order valence-electron chi connectivity index (χ2n) is 7.45. The van der Waals surface area contributed by atoms with Crippen molar-refractivity contribution in [3.05, 3.63) is 54.1 Å². The monoisotopic (exact) mass is 382 g/mol.